The monoisotopic (exact) mass is 159 g/mol. The van der Waals surface area contributed by atoms with Gasteiger partial charge in [0.15, 0.2) is 0 Å². The lowest BCUT2D eigenvalue weighted by Gasteiger charge is -1.95. The first-order chi connectivity index (χ1) is 5.92. The van der Waals surface area contributed by atoms with Crippen molar-refractivity contribution in [2.75, 3.05) is 0 Å². The van der Waals surface area contributed by atoms with E-state index in [1.165, 1.54) is 0 Å². The number of rotatable bonds is 1. The van der Waals surface area contributed by atoms with Crippen molar-refractivity contribution in [3.63, 3.8) is 0 Å². The lowest BCUT2D eigenvalue weighted by molar-refractivity contribution is 1.15. The highest BCUT2D eigenvalue weighted by atomic mass is 15.2. The largest absolute Gasteiger partial charge is 0.298 e. The Kier molecular flexibility index (Phi) is 1.43. The maximum absolute atomic E-state index is 8.24. The number of pyridine rings is 1. The molecule has 0 amide bonds. The van der Waals surface area contributed by atoms with Crippen LogP contribution in [0, 0.1) is 0 Å². The summed E-state index contributed by atoms with van der Waals surface area (Å²) >= 11 is 0. The third-order valence-corrected chi connectivity index (χ3v) is 1.55. The van der Waals surface area contributed by atoms with Crippen LogP contribution in [-0.4, -0.2) is 9.38 Å². The first-order valence-corrected chi connectivity index (χ1v) is 3.39. The van der Waals surface area contributed by atoms with Crippen molar-refractivity contribution in [1.29, 1.82) is 0 Å². The van der Waals surface area contributed by atoms with Crippen molar-refractivity contribution >= 4 is 11.5 Å². The van der Waals surface area contributed by atoms with Gasteiger partial charge in [-0.25, -0.2) is 4.98 Å². The van der Waals surface area contributed by atoms with E-state index >= 15 is 0 Å². The Morgan fingerprint density at radius 1 is 1.50 bits per heavy atom. The van der Waals surface area contributed by atoms with Gasteiger partial charge in [-0.3, -0.25) is 4.40 Å². The molecule has 12 heavy (non-hydrogen) atoms. The Labute approximate surface area is 67.9 Å². The van der Waals surface area contributed by atoms with Gasteiger partial charge in [-0.2, -0.15) is 0 Å². The van der Waals surface area contributed by atoms with E-state index < -0.39 is 0 Å². The molecule has 0 bridgehead atoms. The zero-order chi connectivity index (χ0) is 8.39. The normalized spacial score (nSPS) is 9.67. The second-order valence-corrected chi connectivity index (χ2v) is 2.23. The van der Waals surface area contributed by atoms with Gasteiger partial charge in [0.05, 0.1) is 0 Å². The van der Waals surface area contributed by atoms with E-state index in [9.17, 15) is 0 Å². The molecule has 0 aliphatic heterocycles. The Morgan fingerprint density at radius 3 is 3.25 bits per heavy atom. The molecule has 0 radical (unpaired) electrons. The van der Waals surface area contributed by atoms with Crippen molar-refractivity contribution in [1.82, 2.24) is 9.38 Å². The molecule has 0 fully saturated rings. The number of fused-ring (bicyclic) bond motifs is 1. The summed E-state index contributed by atoms with van der Waals surface area (Å²) in [6.07, 6.45) is 3.41. The maximum atomic E-state index is 8.24. The zero-order valence-electron chi connectivity index (χ0n) is 6.12. The Hall–Kier alpha value is -2.00. The molecule has 5 nitrogen and oxygen atoms in total. The Bertz CT molecular complexity index is 452. The first kappa shape index (κ1) is 6.69. The van der Waals surface area contributed by atoms with Crippen LogP contribution in [0.2, 0.25) is 0 Å². The average molecular weight is 159 g/mol. The molecular weight excluding hydrogens is 154 g/mol. The number of imidazole rings is 1. The molecular formula is C7H5N5. The van der Waals surface area contributed by atoms with Crippen molar-refractivity contribution in [3.05, 3.63) is 41.0 Å². The quantitative estimate of drug-likeness (QED) is 0.357. The van der Waals surface area contributed by atoms with Gasteiger partial charge in [0.25, 0.3) is 0 Å². The second-order valence-electron chi connectivity index (χ2n) is 2.23. The van der Waals surface area contributed by atoms with Gasteiger partial charge in [0, 0.05) is 17.3 Å². The lowest BCUT2D eigenvalue weighted by atomic mass is 10.4. The highest BCUT2D eigenvalue weighted by Gasteiger charge is 1.95. The third kappa shape index (κ3) is 0.889. The first-order valence-electron chi connectivity index (χ1n) is 3.39. The van der Waals surface area contributed by atoms with E-state index in [1.54, 1.807) is 28.9 Å². The lowest BCUT2D eigenvalue weighted by Crippen LogP contribution is -1.81. The average Bonchev–Trinajstić information content (AvgIpc) is 2.53. The number of azide groups is 1. The molecule has 0 N–H and O–H groups in total. The second kappa shape index (κ2) is 2.56. The number of hydrogen-bond acceptors (Lipinski definition) is 2. The minimum absolute atomic E-state index is 0.549. The SMILES string of the molecule is [N-]=[N+]=Nc1cccc2nccn12. The van der Waals surface area contributed by atoms with Crippen molar-refractivity contribution < 1.29 is 0 Å². The molecule has 0 saturated carbocycles. The maximum Gasteiger partial charge on any atom is 0.137 e. The summed E-state index contributed by atoms with van der Waals surface area (Å²) in [6, 6.07) is 5.37. The molecule has 2 rings (SSSR count). The van der Waals surface area contributed by atoms with E-state index in [2.05, 4.69) is 15.0 Å². The predicted octanol–water partition coefficient (Wildman–Crippen LogP) is 2.28. The van der Waals surface area contributed by atoms with Crippen LogP contribution in [0.1, 0.15) is 0 Å². The predicted molar refractivity (Wildman–Crippen MR) is 44.0 cm³/mol. The minimum Gasteiger partial charge on any atom is -0.298 e. The van der Waals surface area contributed by atoms with Crippen LogP contribution in [-0.2, 0) is 0 Å². The van der Waals surface area contributed by atoms with Crippen molar-refractivity contribution in [3.8, 4) is 0 Å². The number of nitrogens with zero attached hydrogens (tertiary/aromatic N) is 5. The molecule has 2 aromatic rings. The molecule has 5 heteroatoms. The minimum atomic E-state index is 0.549. The number of hydrogen-bond donors (Lipinski definition) is 0. The standard InChI is InChI=1S/C7H5N5/c8-11-10-7-3-1-2-6-9-4-5-12(6)7/h1-5H. The molecule has 0 spiro atoms. The summed E-state index contributed by atoms with van der Waals surface area (Å²) < 4.78 is 1.72. The van der Waals surface area contributed by atoms with E-state index in [0.717, 1.165) is 5.65 Å². The van der Waals surface area contributed by atoms with Crippen LogP contribution in [0.15, 0.2) is 35.7 Å². The topological polar surface area (TPSA) is 66.1 Å². The summed E-state index contributed by atoms with van der Waals surface area (Å²) in [5, 5.41) is 3.51. The fourth-order valence-corrected chi connectivity index (χ4v) is 1.06. The van der Waals surface area contributed by atoms with Crippen LogP contribution in [0.5, 0.6) is 0 Å². The Morgan fingerprint density at radius 2 is 2.42 bits per heavy atom. The summed E-state index contributed by atoms with van der Waals surface area (Å²) in [6.45, 7) is 0. The fourth-order valence-electron chi connectivity index (χ4n) is 1.06. The Balaban J connectivity index is 2.81. The van der Waals surface area contributed by atoms with Crippen LogP contribution in [0.25, 0.3) is 16.1 Å². The third-order valence-electron chi connectivity index (χ3n) is 1.55. The highest BCUT2D eigenvalue weighted by Crippen LogP contribution is 2.13. The molecule has 2 aromatic heterocycles. The van der Waals surface area contributed by atoms with Crippen molar-refractivity contribution in [2.45, 2.75) is 0 Å². The smallest absolute Gasteiger partial charge is 0.137 e. The number of aromatic nitrogens is 2. The fraction of sp³-hybridized carbons (Fsp3) is 0. The van der Waals surface area contributed by atoms with Gasteiger partial charge >= 0.3 is 0 Å². The van der Waals surface area contributed by atoms with Crippen LogP contribution < -0.4 is 0 Å². The summed E-state index contributed by atoms with van der Waals surface area (Å²) in [7, 11) is 0. The van der Waals surface area contributed by atoms with Crippen LogP contribution >= 0.6 is 0 Å². The summed E-state index contributed by atoms with van der Waals surface area (Å²) in [4.78, 5) is 6.75. The van der Waals surface area contributed by atoms with Gasteiger partial charge < -0.3 is 0 Å². The van der Waals surface area contributed by atoms with E-state index in [1.807, 2.05) is 6.07 Å². The molecule has 0 atom stereocenters. The van der Waals surface area contributed by atoms with Crippen molar-refractivity contribution in [2.24, 2.45) is 5.11 Å². The van der Waals surface area contributed by atoms with Gasteiger partial charge in [-0.1, -0.05) is 6.07 Å². The molecule has 2 heterocycles. The molecule has 58 valence electrons. The summed E-state index contributed by atoms with van der Waals surface area (Å²) in [5.74, 6) is 0.549. The zero-order valence-corrected chi connectivity index (χ0v) is 6.12. The molecule has 0 aliphatic rings. The van der Waals surface area contributed by atoms with Crippen LogP contribution in [0.4, 0.5) is 5.82 Å². The van der Waals surface area contributed by atoms with Gasteiger partial charge in [0.2, 0.25) is 0 Å². The van der Waals surface area contributed by atoms with E-state index in [-0.39, 0.29) is 0 Å². The molecule has 0 saturated heterocycles. The molecule has 0 aromatic carbocycles. The van der Waals surface area contributed by atoms with Gasteiger partial charge in [0.1, 0.15) is 11.5 Å². The highest BCUT2D eigenvalue weighted by molar-refractivity contribution is 5.46. The van der Waals surface area contributed by atoms with Gasteiger partial charge in [-0.15, -0.1) is 0 Å². The molecule has 0 unspecified atom stereocenters. The summed E-state index contributed by atoms with van der Waals surface area (Å²) in [5.41, 5.74) is 9.02. The van der Waals surface area contributed by atoms with Crippen LogP contribution in [0.3, 0.4) is 0 Å². The van der Waals surface area contributed by atoms with E-state index in [4.69, 9.17) is 5.53 Å². The molecule has 0 aliphatic carbocycles. The van der Waals surface area contributed by atoms with Gasteiger partial charge in [-0.05, 0) is 22.8 Å². The van der Waals surface area contributed by atoms with E-state index in [0.29, 0.717) is 5.82 Å².